The third-order valence-corrected chi connectivity index (χ3v) is 6.09. The zero-order valence-electron chi connectivity index (χ0n) is 15.6. The molecule has 2 saturated heterocycles. The SMILES string of the molecule is NCCC(=O)NCC1CCCCN1C(=O)C1CC(=O)N(C2CCCC2)C1. The third-order valence-electron chi connectivity index (χ3n) is 6.09. The van der Waals surface area contributed by atoms with Gasteiger partial charge in [-0.25, -0.2) is 0 Å². The van der Waals surface area contributed by atoms with Gasteiger partial charge in [-0.1, -0.05) is 12.8 Å². The minimum atomic E-state index is -0.219. The van der Waals surface area contributed by atoms with Gasteiger partial charge in [-0.3, -0.25) is 14.4 Å². The van der Waals surface area contributed by atoms with Crippen LogP contribution in [0.2, 0.25) is 0 Å². The summed E-state index contributed by atoms with van der Waals surface area (Å²) < 4.78 is 0. The van der Waals surface area contributed by atoms with Gasteiger partial charge >= 0.3 is 0 Å². The van der Waals surface area contributed by atoms with E-state index in [0.717, 1.165) is 38.6 Å². The number of hydrogen-bond donors (Lipinski definition) is 2. The van der Waals surface area contributed by atoms with E-state index in [1.54, 1.807) is 0 Å². The fourth-order valence-electron chi connectivity index (χ4n) is 4.65. The van der Waals surface area contributed by atoms with E-state index in [1.807, 2.05) is 9.80 Å². The summed E-state index contributed by atoms with van der Waals surface area (Å²) in [6.45, 7) is 2.12. The van der Waals surface area contributed by atoms with E-state index in [4.69, 9.17) is 5.73 Å². The van der Waals surface area contributed by atoms with Crippen LogP contribution in [0.5, 0.6) is 0 Å². The number of carbonyl (C=O) groups is 3. The number of carbonyl (C=O) groups excluding carboxylic acids is 3. The summed E-state index contributed by atoms with van der Waals surface area (Å²) in [5.41, 5.74) is 5.41. The lowest BCUT2D eigenvalue weighted by atomic mass is 9.98. The number of likely N-dealkylation sites (tertiary alicyclic amines) is 2. The van der Waals surface area contributed by atoms with Crippen molar-refractivity contribution in [2.45, 2.75) is 69.9 Å². The van der Waals surface area contributed by atoms with Crippen LogP contribution >= 0.6 is 0 Å². The summed E-state index contributed by atoms with van der Waals surface area (Å²) >= 11 is 0. The molecule has 0 aromatic heterocycles. The van der Waals surface area contributed by atoms with Crippen molar-refractivity contribution in [1.29, 1.82) is 0 Å². The van der Waals surface area contributed by atoms with Crippen LogP contribution in [0.25, 0.3) is 0 Å². The fourth-order valence-corrected chi connectivity index (χ4v) is 4.65. The Balaban J connectivity index is 1.57. The number of nitrogens with two attached hydrogens (primary N) is 1. The molecule has 146 valence electrons. The Labute approximate surface area is 155 Å². The highest BCUT2D eigenvalue weighted by atomic mass is 16.2. The van der Waals surface area contributed by atoms with Crippen molar-refractivity contribution in [2.24, 2.45) is 11.7 Å². The van der Waals surface area contributed by atoms with Gasteiger partial charge in [-0.05, 0) is 32.1 Å². The molecular weight excluding hydrogens is 332 g/mol. The topological polar surface area (TPSA) is 95.7 Å². The summed E-state index contributed by atoms with van der Waals surface area (Å²) in [6.07, 6.45) is 8.14. The molecule has 7 heteroatoms. The second-order valence-electron chi connectivity index (χ2n) is 7.91. The minimum Gasteiger partial charge on any atom is -0.354 e. The highest BCUT2D eigenvalue weighted by molar-refractivity contribution is 5.89. The van der Waals surface area contributed by atoms with Crippen molar-refractivity contribution in [3.8, 4) is 0 Å². The number of hydrogen-bond acceptors (Lipinski definition) is 4. The maximum Gasteiger partial charge on any atom is 0.228 e. The van der Waals surface area contributed by atoms with Crippen molar-refractivity contribution >= 4 is 17.7 Å². The van der Waals surface area contributed by atoms with Gasteiger partial charge in [-0.2, -0.15) is 0 Å². The molecule has 2 atom stereocenters. The van der Waals surface area contributed by atoms with E-state index in [1.165, 1.54) is 12.8 Å². The van der Waals surface area contributed by atoms with Crippen LogP contribution in [-0.4, -0.2) is 65.8 Å². The highest BCUT2D eigenvalue weighted by Gasteiger charge is 2.41. The van der Waals surface area contributed by atoms with Gasteiger partial charge in [0, 0.05) is 51.1 Å². The summed E-state index contributed by atoms with van der Waals surface area (Å²) in [5.74, 6) is -0.0472. The van der Waals surface area contributed by atoms with Gasteiger partial charge in [0.05, 0.1) is 5.92 Å². The molecule has 2 aliphatic heterocycles. The molecular formula is C19H32N4O3. The van der Waals surface area contributed by atoms with Gasteiger partial charge in [0.15, 0.2) is 0 Å². The van der Waals surface area contributed by atoms with Crippen LogP contribution in [0.1, 0.15) is 57.8 Å². The van der Waals surface area contributed by atoms with Crippen molar-refractivity contribution in [3.05, 3.63) is 0 Å². The number of rotatable bonds is 6. The van der Waals surface area contributed by atoms with Gasteiger partial charge in [0.1, 0.15) is 0 Å². The Kier molecular flexibility index (Phi) is 6.51. The predicted molar refractivity (Wildman–Crippen MR) is 98.1 cm³/mol. The molecule has 2 heterocycles. The first-order valence-corrected chi connectivity index (χ1v) is 10.2. The molecule has 3 amide bonds. The number of nitrogens with zero attached hydrogens (tertiary/aromatic N) is 2. The molecule has 3 aliphatic rings. The standard InChI is InChI=1S/C19H32N4O3/c20-9-8-17(24)21-12-16-7-3-4-10-22(16)19(26)14-11-18(25)23(13-14)15-5-1-2-6-15/h14-16H,1-13,20H2,(H,21,24). The van der Waals surface area contributed by atoms with E-state index in [0.29, 0.717) is 38.5 Å². The average Bonchev–Trinajstić information content (AvgIpc) is 3.29. The molecule has 7 nitrogen and oxygen atoms in total. The molecule has 1 aliphatic carbocycles. The van der Waals surface area contributed by atoms with Gasteiger partial charge in [0.2, 0.25) is 17.7 Å². The molecule has 3 rings (SSSR count). The molecule has 2 unspecified atom stereocenters. The van der Waals surface area contributed by atoms with Crippen LogP contribution in [-0.2, 0) is 14.4 Å². The molecule has 0 radical (unpaired) electrons. The van der Waals surface area contributed by atoms with Crippen molar-refractivity contribution in [3.63, 3.8) is 0 Å². The molecule has 3 fully saturated rings. The maximum absolute atomic E-state index is 13.1. The van der Waals surface area contributed by atoms with E-state index in [-0.39, 0.29) is 29.7 Å². The first-order valence-electron chi connectivity index (χ1n) is 10.2. The molecule has 26 heavy (non-hydrogen) atoms. The van der Waals surface area contributed by atoms with Crippen LogP contribution in [0, 0.1) is 5.92 Å². The first kappa shape index (κ1) is 19.1. The molecule has 0 bridgehead atoms. The predicted octanol–water partition coefficient (Wildman–Crippen LogP) is 0.624. The molecule has 1 saturated carbocycles. The van der Waals surface area contributed by atoms with Crippen LogP contribution in [0.15, 0.2) is 0 Å². The Morgan fingerprint density at radius 3 is 2.58 bits per heavy atom. The molecule has 0 aromatic carbocycles. The smallest absolute Gasteiger partial charge is 0.228 e. The fraction of sp³-hybridized carbons (Fsp3) is 0.842. The Hall–Kier alpha value is -1.63. The van der Waals surface area contributed by atoms with Gasteiger partial charge in [0.25, 0.3) is 0 Å². The molecule has 0 aromatic rings. The lowest BCUT2D eigenvalue weighted by Crippen LogP contribution is -2.51. The van der Waals surface area contributed by atoms with E-state index in [2.05, 4.69) is 5.32 Å². The zero-order valence-corrected chi connectivity index (χ0v) is 15.6. The van der Waals surface area contributed by atoms with Gasteiger partial charge < -0.3 is 20.9 Å². The van der Waals surface area contributed by atoms with Crippen LogP contribution < -0.4 is 11.1 Å². The second-order valence-corrected chi connectivity index (χ2v) is 7.91. The van der Waals surface area contributed by atoms with Crippen molar-refractivity contribution < 1.29 is 14.4 Å². The molecule has 3 N–H and O–H groups in total. The Morgan fingerprint density at radius 1 is 1.12 bits per heavy atom. The Morgan fingerprint density at radius 2 is 1.85 bits per heavy atom. The average molecular weight is 364 g/mol. The van der Waals surface area contributed by atoms with Crippen molar-refractivity contribution in [2.75, 3.05) is 26.2 Å². The monoisotopic (exact) mass is 364 g/mol. The summed E-state index contributed by atoms with van der Waals surface area (Å²) in [6, 6.07) is 0.376. The zero-order chi connectivity index (χ0) is 18.5. The number of amides is 3. The first-order chi connectivity index (χ1) is 12.6. The second kappa shape index (κ2) is 8.84. The number of nitrogens with one attached hydrogen (secondary N) is 1. The lowest BCUT2D eigenvalue weighted by molar-refractivity contribution is -0.139. The third kappa shape index (κ3) is 4.37. The Bertz CT molecular complexity index is 533. The summed E-state index contributed by atoms with van der Waals surface area (Å²) in [4.78, 5) is 41.1. The highest BCUT2D eigenvalue weighted by Crippen LogP contribution is 2.31. The lowest BCUT2D eigenvalue weighted by Gasteiger charge is -2.37. The number of piperidine rings is 1. The quantitative estimate of drug-likeness (QED) is 0.722. The minimum absolute atomic E-state index is 0.0357. The van der Waals surface area contributed by atoms with Gasteiger partial charge in [-0.15, -0.1) is 0 Å². The van der Waals surface area contributed by atoms with Crippen LogP contribution in [0.3, 0.4) is 0 Å². The van der Waals surface area contributed by atoms with Crippen molar-refractivity contribution in [1.82, 2.24) is 15.1 Å². The van der Waals surface area contributed by atoms with E-state index >= 15 is 0 Å². The molecule has 0 spiro atoms. The summed E-state index contributed by atoms with van der Waals surface area (Å²) in [7, 11) is 0. The summed E-state index contributed by atoms with van der Waals surface area (Å²) in [5, 5.41) is 2.90. The largest absolute Gasteiger partial charge is 0.354 e. The maximum atomic E-state index is 13.1. The van der Waals surface area contributed by atoms with Crippen LogP contribution in [0.4, 0.5) is 0 Å². The normalized spacial score (nSPS) is 27.2. The van der Waals surface area contributed by atoms with E-state index in [9.17, 15) is 14.4 Å². The van der Waals surface area contributed by atoms with E-state index < -0.39 is 0 Å².